The smallest absolute Gasteiger partial charge is 0.217 e. The van der Waals surface area contributed by atoms with Crippen molar-refractivity contribution >= 4 is 34.9 Å². The Morgan fingerprint density at radius 2 is 1.46 bits per heavy atom. The molecule has 0 radical (unpaired) electrons. The molecular formula is C50H55N3O2S. The molecule has 4 aliphatic rings. The minimum Gasteiger partial charge on any atom is -0.467 e. The lowest BCUT2D eigenvalue weighted by atomic mass is 9.66. The van der Waals surface area contributed by atoms with Gasteiger partial charge in [0.2, 0.25) is 5.90 Å². The fourth-order valence-corrected chi connectivity index (χ4v) is 10.6. The quantitative estimate of drug-likeness (QED) is 0.180. The summed E-state index contributed by atoms with van der Waals surface area (Å²) in [5.41, 5.74) is 10.4. The topological polar surface area (TPSA) is 47.0 Å². The van der Waals surface area contributed by atoms with Crippen LogP contribution in [0.4, 0.5) is 17.2 Å². The highest BCUT2D eigenvalue weighted by atomic mass is 32.2. The summed E-state index contributed by atoms with van der Waals surface area (Å²) in [6.07, 6.45) is 0.144. The zero-order valence-corrected chi connectivity index (χ0v) is 36.2. The molecule has 5 nitrogen and oxygen atoms in total. The van der Waals surface area contributed by atoms with Crippen LogP contribution in [0.5, 0.6) is 11.5 Å². The van der Waals surface area contributed by atoms with Gasteiger partial charge in [-0.05, 0) is 139 Å². The Bertz CT molecular complexity index is 2670. The Hall–Kier alpha value is -4.55. The third kappa shape index (κ3) is 5.20. The lowest BCUT2D eigenvalue weighted by Gasteiger charge is -2.45. The number of anilines is 3. The molecule has 4 aromatic carbocycles. The maximum atomic E-state index is 9.80. The average Bonchev–Trinajstić information content (AvgIpc) is 3.52. The van der Waals surface area contributed by atoms with Crippen LogP contribution in [0, 0.1) is 40.0 Å². The number of aliphatic imine (C=N–C) groups is 1. The predicted molar refractivity (Wildman–Crippen MR) is 231 cm³/mol. The second kappa shape index (κ2) is 11.8. The van der Waals surface area contributed by atoms with Crippen LogP contribution in [0.15, 0.2) is 81.6 Å². The van der Waals surface area contributed by atoms with Gasteiger partial charge in [-0.1, -0.05) is 85.4 Å². The van der Waals surface area contributed by atoms with Crippen LogP contribution < -0.4 is 9.64 Å². The maximum Gasteiger partial charge on any atom is 0.217 e. The molecule has 0 saturated heterocycles. The summed E-state index contributed by atoms with van der Waals surface area (Å²) >= 11 is 1.80. The standard InChI is InChI=1S/C50H55N3O2S/c1-27-15-38-43-41(16-27)56-42-17-28(2)26-51-44(42)53(43)39-24-40(31(5)20-37(39)48(38,12)13)54-35-22-32(21-34(23-35)46(6,7)8)45-52-49(14)36-19-30(4)29(3)18-33(36)25-50(49,55-45)47(9,10)11/h15-24,26H,25H2,1-14H3/t49-,50-/m1/s1/i25D2. The van der Waals surface area contributed by atoms with Crippen molar-refractivity contribution in [3.63, 3.8) is 0 Å². The molecule has 0 spiro atoms. The predicted octanol–water partition coefficient (Wildman–Crippen LogP) is 13.3. The molecule has 4 heterocycles. The molecule has 0 bridgehead atoms. The molecule has 288 valence electrons. The second-order valence-electron chi connectivity index (χ2n) is 19.4. The van der Waals surface area contributed by atoms with Gasteiger partial charge in [0.1, 0.15) is 22.6 Å². The summed E-state index contributed by atoms with van der Waals surface area (Å²) < 4.78 is 33.8. The Morgan fingerprint density at radius 3 is 2.18 bits per heavy atom. The van der Waals surface area contributed by atoms with E-state index in [4.69, 9.17) is 19.5 Å². The van der Waals surface area contributed by atoms with Crippen molar-refractivity contribution in [2.45, 2.75) is 135 Å². The highest BCUT2D eigenvalue weighted by molar-refractivity contribution is 7.99. The third-order valence-electron chi connectivity index (χ3n) is 12.8. The molecule has 0 N–H and O–H groups in total. The molecule has 6 heteroatoms. The van der Waals surface area contributed by atoms with Gasteiger partial charge in [0.15, 0.2) is 5.82 Å². The van der Waals surface area contributed by atoms with Crippen molar-refractivity contribution in [1.82, 2.24) is 4.98 Å². The van der Waals surface area contributed by atoms with Gasteiger partial charge >= 0.3 is 0 Å². The molecule has 1 aliphatic carbocycles. The third-order valence-corrected chi connectivity index (χ3v) is 13.8. The zero-order chi connectivity index (χ0) is 41.9. The van der Waals surface area contributed by atoms with Gasteiger partial charge in [0.25, 0.3) is 0 Å². The Balaban J connectivity index is 1.20. The maximum absolute atomic E-state index is 9.80. The number of hydrogen-bond acceptors (Lipinski definition) is 6. The number of benzene rings is 4. The Morgan fingerprint density at radius 1 is 0.768 bits per heavy atom. The number of ether oxygens (including phenoxy) is 2. The first kappa shape index (κ1) is 34.7. The van der Waals surface area contributed by atoms with Gasteiger partial charge in [-0.15, -0.1) is 0 Å². The fourth-order valence-electron chi connectivity index (χ4n) is 9.38. The summed E-state index contributed by atoms with van der Waals surface area (Å²) in [5.74, 6) is 2.81. The van der Waals surface area contributed by atoms with E-state index in [9.17, 15) is 2.74 Å². The fraction of sp³-hybridized carbons (Fsp3) is 0.400. The zero-order valence-electron chi connectivity index (χ0n) is 37.4. The SMILES string of the molecule is [2H]C1([2H])c2cc(C)c(C)cc2[C@@]2(C)N=C(c3cc(Oc4cc5c(cc4C)C(C)(C)c4cc(C)cc6c4N5c4ncc(C)cc4S6)cc(C(C)(C)C)c3)O[C@@]12C(C)(C)C. The monoisotopic (exact) mass is 763 g/mol. The normalized spacial score (nSPS) is 22.8. The number of rotatable bonds is 3. The minimum absolute atomic E-state index is 0.225. The van der Waals surface area contributed by atoms with Crippen LogP contribution >= 0.6 is 11.8 Å². The molecule has 0 unspecified atom stereocenters. The Kier molecular flexibility index (Phi) is 7.28. The summed E-state index contributed by atoms with van der Waals surface area (Å²) in [4.78, 5) is 15.2. The first-order valence-electron chi connectivity index (χ1n) is 20.9. The molecule has 0 amide bonds. The van der Waals surface area contributed by atoms with Crippen molar-refractivity contribution < 1.29 is 12.2 Å². The highest BCUT2D eigenvalue weighted by Crippen LogP contribution is 2.62. The highest BCUT2D eigenvalue weighted by Gasteiger charge is 2.66. The van der Waals surface area contributed by atoms with E-state index < -0.39 is 22.9 Å². The van der Waals surface area contributed by atoms with Crippen molar-refractivity contribution in [3.05, 3.63) is 128 Å². The van der Waals surface area contributed by atoms with E-state index in [0.717, 1.165) is 61.1 Å². The van der Waals surface area contributed by atoms with E-state index in [2.05, 4.69) is 143 Å². The molecule has 1 aromatic heterocycles. The van der Waals surface area contributed by atoms with Crippen LogP contribution in [0.25, 0.3) is 0 Å². The van der Waals surface area contributed by atoms with Crippen LogP contribution in [0.3, 0.4) is 0 Å². The lowest BCUT2D eigenvalue weighted by molar-refractivity contribution is -0.0673. The molecule has 2 atom stereocenters. The molecule has 5 aromatic rings. The number of aryl methyl sites for hydroxylation is 5. The number of fused-ring (bicyclic) bond motifs is 7. The van der Waals surface area contributed by atoms with Gasteiger partial charge in [-0.2, -0.15) is 0 Å². The van der Waals surface area contributed by atoms with Crippen molar-refractivity contribution in [2.75, 3.05) is 4.90 Å². The van der Waals surface area contributed by atoms with Gasteiger partial charge in [0, 0.05) is 42.7 Å². The Labute approximate surface area is 340 Å². The molecule has 56 heavy (non-hydrogen) atoms. The van der Waals surface area contributed by atoms with Crippen LogP contribution in [0.2, 0.25) is 0 Å². The number of aromatic nitrogens is 1. The number of hydrogen-bond donors (Lipinski definition) is 0. The van der Waals surface area contributed by atoms with Crippen LogP contribution in [-0.2, 0) is 27.5 Å². The van der Waals surface area contributed by atoms with Gasteiger partial charge < -0.3 is 9.47 Å². The minimum atomic E-state index is -1.82. The van der Waals surface area contributed by atoms with Crippen molar-refractivity contribution in [1.29, 1.82) is 0 Å². The second-order valence-corrected chi connectivity index (χ2v) is 20.5. The first-order valence-corrected chi connectivity index (χ1v) is 20.7. The van der Waals surface area contributed by atoms with Crippen LogP contribution in [-0.4, -0.2) is 16.5 Å². The summed E-state index contributed by atoms with van der Waals surface area (Å²) in [5, 5.41) is 0. The summed E-state index contributed by atoms with van der Waals surface area (Å²) in [6.45, 7) is 30.1. The largest absolute Gasteiger partial charge is 0.467 e. The van der Waals surface area contributed by atoms with Crippen LogP contribution in [0.1, 0.15) is 126 Å². The molecule has 9 rings (SSSR count). The molecule has 0 saturated carbocycles. The number of nitrogens with zero attached hydrogens (tertiary/aromatic N) is 3. The molecule has 3 aliphatic heterocycles. The van der Waals surface area contributed by atoms with Crippen molar-refractivity contribution in [3.8, 4) is 11.5 Å². The number of pyridine rings is 1. The van der Waals surface area contributed by atoms with Gasteiger partial charge in [-0.3, -0.25) is 4.90 Å². The van der Waals surface area contributed by atoms with E-state index in [1.165, 1.54) is 27.3 Å². The van der Waals surface area contributed by atoms with E-state index in [1.54, 1.807) is 11.8 Å². The molecule has 0 fully saturated rings. The molecular weight excluding hydrogens is 707 g/mol. The average molecular weight is 764 g/mol. The van der Waals surface area contributed by atoms with Crippen molar-refractivity contribution in [2.24, 2.45) is 10.4 Å². The van der Waals surface area contributed by atoms with E-state index in [0.29, 0.717) is 17.2 Å². The summed E-state index contributed by atoms with van der Waals surface area (Å²) in [6, 6.07) is 21.8. The van der Waals surface area contributed by atoms with E-state index in [1.807, 2.05) is 25.3 Å². The van der Waals surface area contributed by atoms with E-state index in [-0.39, 0.29) is 10.8 Å². The van der Waals surface area contributed by atoms with Gasteiger partial charge in [-0.25, -0.2) is 9.98 Å². The van der Waals surface area contributed by atoms with E-state index >= 15 is 0 Å². The van der Waals surface area contributed by atoms with Gasteiger partial charge in [0.05, 0.1) is 16.3 Å². The lowest BCUT2D eigenvalue weighted by Crippen LogP contribution is -2.54. The summed E-state index contributed by atoms with van der Waals surface area (Å²) in [7, 11) is 0. The first-order chi connectivity index (χ1) is 26.9.